The summed E-state index contributed by atoms with van der Waals surface area (Å²) >= 11 is 3.42. The molecule has 1 N–H and O–H groups in total. The van der Waals surface area contributed by atoms with E-state index in [-0.39, 0.29) is 22.9 Å². The third kappa shape index (κ3) is 3.63. The van der Waals surface area contributed by atoms with Crippen LogP contribution in [0.3, 0.4) is 0 Å². The molecule has 3 aliphatic heterocycles. The minimum absolute atomic E-state index is 0.148. The Hall–Kier alpha value is -4.89. The number of non-ortho nitro benzene ring substituents is 1. The first-order chi connectivity index (χ1) is 20.3. The zero-order valence-electron chi connectivity index (χ0n) is 21.9. The number of amides is 1. The van der Waals surface area contributed by atoms with Gasteiger partial charge >= 0.3 is 0 Å². The van der Waals surface area contributed by atoms with Crippen LogP contribution in [0.4, 0.5) is 17.1 Å². The maximum atomic E-state index is 14.7. The van der Waals surface area contributed by atoms with Gasteiger partial charge in [-0.3, -0.25) is 24.5 Å². The minimum atomic E-state index is -1.42. The molecule has 3 aliphatic rings. The van der Waals surface area contributed by atoms with E-state index in [2.05, 4.69) is 21.2 Å². The lowest BCUT2D eigenvalue weighted by Crippen LogP contribution is -2.51. The summed E-state index contributed by atoms with van der Waals surface area (Å²) in [5.74, 6) is -2.21. The molecule has 1 fully saturated rings. The van der Waals surface area contributed by atoms with Crippen molar-refractivity contribution in [2.24, 2.45) is 5.92 Å². The highest BCUT2D eigenvalue weighted by Crippen LogP contribution is 2.58. The van der Waals surface area contributed by atoms with E-state index in [0.29, 0.717) is 16.8 Å². The van der Waals surface area contributed by atoms with Crippen molar-refractivity contribution in [3.05, 3.63) is 140 Å². The number of nitrogens with zero attached hydrogens (tertiary/aromatic N) is 2. The number of ketones is 2. The first-order valence-electron chi connectivity index (χ1n) is 13.4. The topological polar surface area (TPSA) is 110 Å². The number of para-hydroxylation sites is 2. The maximum absolute atomic E-state index is 14.7. The van der Waals surface area contributed by atoms with E-state index in [1.54, 1.807) is 30.3 Å². The van der Waals surface area contributed by atoms with Gasteiger partial charge in [-0.25, -0.2) is 0 Å². The van der Waals surface area contributed by atoms with Crippen molar-refractivity contribution in [2.45, 2.75) is 17.5 Å². The standard InChI is InChI=1S/C33H22BrN3O5/c34-22-14-9-20(10-15-22)30(38)28-29(31(39)21-11-16-23(17-12-21)37(41)42)36-26-8-4-1-5-19(26)13-18-27(36)33(28)24-6-2-3-7-25(24)35-32(33)40/h1-18,27-29H,(H,35,40)/t27-,28-,29+,33-/m1/s1. The molecule has 0 aromatic heterocycles. The Labute approximate surface area is 248 Å². The van der Waals surface area contributed by atoms with E-state index in [1.165, 1.54) is 24.3 Å². The van der Waals surface area contributed by atoms with Gasteiger partial charge in [-0.05, 0) is 47.5 Å². The summed E-state index contributed by atoms with van der Waals surface area (Å²) in [5, 5.41) is 14.3. The number of nitro benzene ring substituents is 1. The van der Waals surface area contributed by atoms with Crippen LogP contribution in [0.15, 0.2) is 108 Å². The van der Waals surface area contributed by atoms with Crippen LogP contribution >= 0.6 is 15.9 Å². The van der Waals surface area contributed by atoms with Crippen molar-refractivity contribution in [2.75, 3.05) is 10.2 Å². The molecule has 4 aromatic rings. The molecule has 0 aliphatic carbocycles. The molecule has 1 saturated heterocycles. The molecule has 1 amide bonds. The molecule has 9 heteroatoms. The van der Waals surface area contributed by atoms with E-state index in [0.717, 1.165) is 15.7 Å². The van der Waals surface area contributed by atoms with Gasteiger partial charge in [-0.1, -0.05) is 76.6 Å². The zero-order chi connectivity index (χ0) is 29.2. The monoisotopic (exact) mass is 619 g/mol. The number of hydrogen-bond donors (Lipinski definition) is 1. The summed E-state index contributed by atoms with van der Waals surface area (Å²) in [6, 6.07) is 25.4. The fourth-order valence-electron chi connectivity index (χ4n) is 6.83. The first-order valence-corrected chi connectivity index (χ1v) is 14.2. The molecule has 7 rings (SSSR count). The third-order valence-corrected chi connectivity index (χ3v) is 9.11. The molecule has 4 atom stereocenters. The highest BCUT2D eigenvalue weighted by Gasteiger charge is 2.70. The van der Waals surface area contributed by atoms with E-state index < -0.39 is 34.1 Å². The van der Waals surface area contributed by atoms with Gasteiger partial charge < -0.3 is 10.2 Å². The second-order valence-corrected chi connectivity index (χ2v) is 11.5. The summed E-state index contributed by atoms with van der Waals surface area (Å²) in [6.45, 7) is 0. The Morgan fingerprint density at radius 1 is 0.857 bits per heavy atom. The van der Waals surface area contributed by atoms with Crippen molar-refractivity contribution in [1.82, 2.24) is 0 Å². The Balaban J connectivity index is 1.51. The second-order valence-electron chi connectivity index (χ2n) is 10.6. The van der Waals surface area contributed by atoms with Crippen LogP contribution in [0.25, 0.3) is 6.08 Å². The molecular formula is C33H22BrN3O5. The average Bonchev–Trinajstić information content (AvgIpc) is 3.49. The van der Waals surface area contributed by atoms with Crippen LogP contribution < -0.4 is 10.2 Å². The highest BCUT2D eigenvalue weighted by atomic mass is 79.9. The number of carbonyl (C=O) groups excluding carboxylic acids is 3. The molecule has 3 heterocycles. The van der Waals surface area contributed by atoms with E-state index in [4.69, 9.17) is 0 Å². The Bertz CT molecular complexity index is 1840. The van der Waals surface area contributed by atoms with E-state index in [9.17, 15) is 24.5 Å². The van der Waals surface area contributed by atoms with Gasteiger partial charge in [0.1, 0.15) is 11.5 Å². The van der Waals surface area contributed by atoms with Crippen LogP contribution in [0.5, 0.6) is 0 Å². The number of hydrogen-bond acceptors (Lipinski definition) is 6. The fourth-order valence-corrected chi connectivity index (χ4v) is 7.10. The van der Waals surface area contributed by atoms with E-state index in [1.807, 2.05) is 59.5 Å². The summed E-state index contributed by atoms with van der Waals surface area (Å²) in [7, 11) is 0. The molecule has 206 valence electrons. The zero-order valence-corrected chi connectivity index (χ0v) is 23.5. The van der Waals surface area contributed by atoms with E-state index >= 15 is 0 Å². The van der Waals surface area contributed by atoms with Gasteiger partial charge in [0.15, 0.2) is 11.6 Å². The van der Waals surface area contributed by atoms with Crippen LogP contribution in [0.2, 0.25) is 0 Å². The normalized spacial score (nSPS) is 23.2. The van der Waals surface area contributed by atoms with Gasteiger partial charge in [-0.2, -0.15) is 0 Å². The molecular weight excluding hydrogens is 598 g/mol. The SMILES string of the molecule is O=C(c1ccc([N+](=O)[O-])cc1)[C@@H]1[C@H](C(=O)c2ccc(Br)cc2)[C@]2(C(=O)Nc3ccccc32)[C@H]2C=Cc3ccccc3N12. The van der Waals surface area contributed by atoms with Crippen LogP contribution in [0.1, 0.15) is 31.8 Å². The highest BCUT2D eigenvalue weighted by molar-refractivity contribution is 9.10. The molecule has 0 unspecified atom stereocenters. The van der Waals surface area contributed by atoms with Crippen molar-refractivity contribution in [1.29, 1.82) is 0 Å². The van der Waals surface area contributed by atoms with Crippen LogP contribution in [-0.2, 0) is 10.2 Å². The number of carbonyl (C=O) groups is 3. The van der Waals surface area contributed by atoms with Crippen LogP contribution in [0, 0.1) is 16.0 Å². The summed E-state index contributed by atoms with van der Waals surface area (Å²) in [5.41, 5.74) is 1.86. The average molecular weight is 620 g/mol. The summed E-state index contributed by atoms with van der Waals surface area (Å²) in [6.07, 6.45) is 3.85. The Morgan fingerprint density at radius 3 is 2.24 bits per heavy atom. The minimum Gasteiger partial charge on any atom is -0.352 e. The molecule has 1 spiro atoms. The Morgan fingerprint density at radius 2 is 1.50 bits per heavy atom. The number of anilines is 2. The van der Waals surface area contributed by atoms with Gasteiger partial charge in [0.05, 0.1) is 16.9 Å². The first kappa shape index (κ1) is 26.0. The molecule has 8 nitrogen and oxygen atoms in total. The summed E-state index contributed by atoms with van der Waals surface area (Å²) < 4.78 is 0.789. The number of rotatable bonds is 5. The maximum Gasteiger partial charge on any atom is 0.269 e. The lowest BCUT2D eigenvalue weighted by Gasteiger charge is -2.37. The predicted octanol–water partition coefficient (Wildman–Crippen LogP) is 6.21. The largest absolute Gasteiger partial charge is 0.352 e. The summed E-state index contributed by atoms with van der Waals surface area (Å²) in [4.78, 5) is 56.4. The van der Waals surface area contributed by atoms with Gasteiger partial charge in [0, 0.05) is 39.1 Å². The molecule has 0 bridgehead atoms. The lowest BCUT2D eigenvalue weighted by atomic mass is 9.64. The number of fused-ring (bicyclic) bond motifs is 6. The van der Waals surface area contributed by atoms with Gasteiger partial charge in [0.2, 0.25) is 5.91 Å². The quantitative estimate of drug-likeness (QED) is 0.161. The fraction of sp³-hybridized carbons (Fsp3) is 0.121. The molecule has 0 saturated carbocycles. The van der Waals surface area contributed by atoms with Gasteiger partial charge in [-0.15, -0.1) is 0 Å². The second kappa shape index (κ2) is 9.60. The van der Waals surface area contributed by atoms with Crippen molar-refractivity contribution in [3.63, 3.8) is 0 Å². The smallest absolute Gasteiger partial charge is 0.269 e. The molecule has 0 radical (unpaired) electrons. The number of halogens is 1. The number of benzene rings is 4. The lowest BCUT2D eigenvalue weighted by molar-refractivity contribution is -0.384. The van der Waals surface area contributed by atoms with Crippen molar-refractivity contribution < 1.29 is 19.3 Å². The van der Waals surface area contributed by atoms with Crippen molar-refractivity contribution >= 4 is 56.5 Å². The number of nitro groups is 1. The number of Topliss-reactive ketones (excluding diaryl/α,β-unsaturated/α-hetero) is 2. The third-order valence-electron chi connectivity index (χ3n) is 8.58. The van der Waals surface area contributed by atoms with Gasteiger partial charge in [0.25, 0.3) is 5.69 Å². The van der Waals surface area contributed by atoms with Crippen molar-refractivity contribution in [3.8, 4) is 0 Å². The predicted molar refractivity (Wildman–Crippen MR) is 162 cm³/mol. The molecule has 42 heavy (non-hydrogen) atoms. The number of nitrogens with one attached hydrogen (secondary N) is 1. The Kier molecular flexibility index (Phi) is 5.95. The van der Waals surface area contributed by atoms with Crippen LogP contribution in [-0.4, -0.2) is 34.5 Å². The molecule has 4 aromatic carbocycles.